The molecular weight excluding hydrogens is 288 g/mol. The van der Waals surface area contributed by atoms with Gasteiger partial charge in [-0.1, -0.05) is 19.8 Å². The number of carboxylic acids is 1. The lowest BCUT2D eigenvalue weighted by atomic mass is 9.97. The van der Waals surface area contributed by atoms with Gasteiger partial charge in [0.15, 0.2) is 0 Å². The average molecular weight is 320 g/mol. The zero-order chi connectivity index (χ0) is 17.1. The smallest absolute Gasteiger partial charge is 0.370 e. The van der Waals surface area contributed by atoms with Gasteiger partial charge in [-0.05, 0) is 34.1 Å². The minimum atomic E-state index is -1.96. The van der Waals surface area contributed by atoms with Crippen LogP contribution in [0.15, 0.2) is 0 Å². The first-order chi connectivity index (χ1) is 10.5. The van der Waals surface area contributed by atoms with Crippen molar-refractivity contribution in [2.45, 2.75) is 71.9 Å². The van der Waals surface area contributed by atoms with Crippen molar-refractivity contribution < 1.29 is 28.8 Å². The molecule has 0 aliphatic rings. The molecule has 0 spiro atoms. The van der Waals surface area contributed by atoms with Crippen LogP contribution in [-0.4, -0.2) is 49.1 Å². The van der Waals surface area contributed by atoms with Crippen molar-refractivity contribution in [1.82, 2.24) is 0 Å². The minimum Gasteiger partial charge on any atom is -0.477 e. The summed E-state index contributed by atoms with van der Waals surface area (Å²) in [5.74, 6) is -4.64. The van der Waals surface area contributed by atoms with E-state index in [9.17, 15) is 9.90 Å². The largest absolute Gasteiger partial charge is 0.477 e. The molecule has 0 radical (unpaired) electrons. The molecule has 0 bridgehead atoms. The predicted octanol–water partition coefficient (Wildman–Crippen LogP) is 3.19. The molecule has 22 heavy (non-hydrogen) atoms. The number of hydrogen-bond donors (Lipinski definition) is 1. The van der Waals surface area contributed by atoms with E-state index in [0.717, 1.165) is 19.3 Å². The van der Waals surface area contributed by atoms with E-state index in [2.05, 4.69) is 6.92 Å². The SMILES string of the molecule is CCCCCC(OCC)(OCC)C(OCC)(OCC)C(=O)O. The summed E-state index contributed by atoms with van der Waals surface area (Å²) in [6.07, 6.45) is 3.13. The maximum atomic E-state index is 12.0. The lowest BCUT2D eigenvalue weighted by molar-refractivity contribution is -0.396. The fourth-order valence-corrected chi connectivity index (χ4v) is 2.57. The first-order valence-electron chi connectivity index (χ1n) is 8.29. The maximum Gasteiger partial charge on any atom is 0.370 e. The highest BCUT2D eigenvalue weighted by Gasteiger charge is 2.62. The van der Waals surface area contributed by atoms with Gasteiger partial charge < -0.3 is 24.1 Å². The molecule has 132 valence electrons. The third-order valence-electron chi connectivity index (χ3n) is 3.34. The van der Waals surface area contributed by atoms with Gasteiger partial charge in [0, 0.05) is 32.8 Å². The third-order valence-corrected chi connectivity index (χ3v) is 3.34. The lowest BCUT2D eigenvalue weighted by Gasteiger charge is -2.45. The Morgan fingerprint density at radius 1 is 0.818 bits per heavy atom. The van der Waals surface area contributed by atoms with Crippen molar-refractivity contribution in [3.63, 3.8) is 0 Å². The highest BCUT2D eigenvalue weighted by Crippen LogP contribution is 2.38. The molecule has 0 aromatic rings. The number of aliphatic carboxylic acids is 1. The van der Waals surface area contributed by atoms with Gasteiger partial charge in [-0.25, -0.2) is 4.79 Å². The fourth-order valence-electron chi connectivity index (χ4n) is 2.57. The molecule has 0 heterocycles. The Hall–Kier alpha value is -0.690. The monoisotopic (exact) mass is 320 g/mol. The van der Waals surface area contributed by atoms with Crippen molar-refractivity contribution in [1.29, 1.82) is 0 Å². The number of rotatable bonds is 14. The van der Waals surface area contributed by atoms with Crippen LogP contribution in [0.3, 0.4) is 0 Å². The topological polar surface area (TPSA) is 74.2 Å². The second kappa shape index (κ2) is 10.9. The van der Waals surface area contributed by atoms with E-state index in [-0.39, 0.29) is 13.2 Å². The first-order valence-corrected chi connectivity index (χ1v) is 8.29. The van der Waals surface area contributed by atoms with Gasteiger partial charge in [0.05, 0.1) is 0 Å². The molecule has 6 nitrogen and oxygen atoms in total. The third kappa shape index (κ3) is 4.91. The first kappa shape index (κ1) is 21.3. The van der Waals surface area contributed by atoms with Crippen LogP contribution in [0.5, 0.6) is 0 Å². The molecule has 0 aliphatic heterocycles. The number of carboxylic acid groups (broad SMARTS) is 1. The molecule has 0 amide bonds. The standard InChI is InChI=1S/C16H32O6/c1-6-11-12-13-15(19-7-2,20-8-3)16(14(17)18,21-9-4)22-10-5/h6-13H2,1-5H3,(H,17,18). The summed E-state index contributed by atoms with van der Waals surface area (Å²) in [7, 11) is 0. The summed E-state index contributed by atoms with van der Waals surface area (Å²) < 4.78 is 22.7. The molecule has 0 aromatic carbocycles. The second-order valence-electron chi connectivity index (χ2n) is 4.86. The Balaban J connectivity index is 5.79. The maximum absolute atomic E-state index is 12.0. The summed E-state index contributed by atoms with van der Waals surface area (Å²) in [6.45, 7) is 10.1. The molecule has 1 N–H and O–H groups in total. The van der Waals surface area contributed by atoms with Crippen LogP contribution in [-0.2, 0) is 23.7 Å². The molecule has 6 heteroatoms. The van der Waals surface area contributed by atoms with Gasteiger partial charge in [-0.2, -0.15) is 0 Å². The summed E-state index contributed by atoms with van der Waals surface area (Å²) in [4.78, 5) is 12.0. The van der Waals surface area contributed by atoms with E-state index in [0.29, 0.717) is 19.6 Å². The fraction of sp³-hybridized carbons (Fsp3) is 0.938. The highest BCUT2D eigenvalue weighted by atomic mass is 16.8. The number of hydrogen-bond acceptors (Lipinski definition) is 5. The van der Waals surface area contributed by atoms with Gasteiger partial charge in [-0.15, -0.1) is 0 Å². The molecule has 0 atom stereocenters. The second-order valence-corrected chi connectivity index (χ2v) is 4.86. The van der Waals surface area contributed by atoms with Crippen molar-refractivity contribution in [3.8, 4) is 0 Å². The van der Waals surface area contributed by atoms with Crippen LogP contribution in [0.1, 0.15) is 60.3 Å². The van der Waals surface area contributed by atoms with Crippen LogP contribution < -0.4 is 0 Å². The van der Waals surface area contributed by atoms with E-state index in [1.165, 1.54) is 0 Å². The Bertz CT molecular complexity index is 293. The zero-order valence-electron chi connectivity index (χ0n) is 14.6. The summed E-state index contributed by atoms with van der Waals surface area (Å²) in [6, 6.07) is 0. The summed E-state index contributed by atoms with van der Waals surface area (Å²) in [5, 5.41) is 9.82. The van der Waals surface area contributed by atoms with Gasteiger partial charge in [-0.3, -0.25) is 0 Å². The van der Waals surface area contributed by atoms with Gasteiger partial charge >= 0.3 is 11.8 Å². The van der Waals surface area contributed by atoms with Gasteiger partial charge in [0.2, 0.25) is 5.79 Å². The molecule has 0 unspecified atom stereocenters. The predicted molar refractivity (Wildman–Crippen MR) is 83.7 cm³/mol. The highest BCUT2D eigenvalue weighted by molar-refractivity contribution is 5.77. The Morgan fingerprint density at radius 3 is 1.59 bits per heavy atom. The molecule has 0 saturated heterocycles. The Morgan fingerprint density at radius 2 is 1.27 bits per heavy atom. The number of unbranched alkanes of at least 4 members (excludes halogenated alkanes) is 2. The van der Waals surface area contributed by atoms with Crippen LogP contribution in [0.4, 0.5) is 0 Å². The van der Waals surface area contributed by atoms with Crippen LogP contribution in [0.25, 0.3) is 0 Å². The summed E-state index contributed by atoms with van der Waals surface area (Å²) in [5.41, 5.74) is 0. The van der Waals surface area contributed by atoms with Crippen LogP contribution >= 0.6 is 0 Å². The normalized spacial score (nSPS) is 12.6. The quantitative estimate of drug-likeness (QED) is 0.391. The van der Waals surface area contributed by atoms with E-state index < -0.39 is 17.5 Å². The molecular formula is C16H32O6. The van der Waals surface area contributed by atoms with Crippen molar-refractivity contribution in [2.24, 2.45) is 0 Å². The zero-order valence-corrected chi connectivity index (χ0v) is 14.6. The van der Waals surface area contributed by atoms with E-state index in [1.54, 1.807) is 27.7 Å². The van der Waals surface area contributed by atoms with Gasteiger partial charge in [0.25, 0.3) is 0 Å². The van der Waals surface area contributed by atoms with Crippen molar-refractivity contribution in [3.05, 3.63) is 0 Å². The minimum absolute atomic E-state index is 0.183. The van der Waals surface area contributed by atoms with Gasteiger partial charge in [0.1, 0.15) is 0 Å². The number of ether oxygens (including phenoxy) is 4. The van der Waals surface area contributed by atoms with E-state index in [4.69, 9.17) is 18.9 Å². The Labute approximate surface area is 134 Å². The molecule has 0 fully saturated rings. The van der Waals surface area contributed by atoms with Crippen LogP contribution in [0, 0.1) is 0 Å². The lowest BCUT2D eigenvalue weighted by Crippen LogP contribution is -2.65. The van der Waals surface area contributed by atoms with E-state index in [1.807, 2.05) is 0 Å². The molecule has 0 aliphatic carbocycles. The van der Waals surface area contributed by atoms with Crippen molar-refractivity contribution in [2.75, 3.05) is 26.4 Å². The average Bonchev–Trinajstić information content (AvgIpc) is 2.47. The molecule has 0 saturated carbocycles. The van der Waals surface area contributed by atoms with E-state index >= 15 is 0 Å². The summed E-state index contributed by atoms with van der Waals surface area (Å²) >= 11 is 0. The number of carbonyl (C=O) groups is 1. The molecule has 0 aromatic heterocycles. The molecule has 0 rings (SSSR count). The van der Waals surface area contributed by atoms with Crippen molar-refractivity contribution >= 4 is 5.97 Å². The van der Waals surface area contributed by atoms with Crippen LogP contribution in [0.2, 0.25) is 0 Å². The Kier molecular flexibility index (Phi) is 10.6.